The van der Waals surface area contributed by atoms with Gasteiger partial charge in [0.1, 0.15) is 16.4 Å². The zero-order valence-electron chi connectivity index (χ0n) is 16.7. The Labute approximate surface area is 183 Å². The molecular weight excluding hydrogens is 410 g/mol. The molecule has 0 aliphatic carbocycles. The summed E-state index contributed by atoms with van der Waals surface area (Å²) in [7, 11) is 1.32. The van der Waals surface area contributed by atoms with Gasteiger partial charge in [0.05, 0.1) is 12.8 Å². The summed E-state index contributed by atoms with van der Waals surface area (Å²) in [5.41, 5.74) is 1.83. The average molecular weight is 429 g/mol. The molecule has 0 unspecified atom stereocenters. The smallest absolute Gasteiger partial charge is 0.350 e. The summed E-state index contributed by atoms with van der Waals surface area (Å²) >= 11 is 1.28. The van der Waals surface area contributed by atoms with Crippen molar-refractivity contribution >= 4 is 28.9 Å². The molecule has 0 saturated carbocycles. The van der Waals surface area contributed by atoms with Gasteiger partial charge in [0.25, 0.3) is 5.91 Å². The predicted molar refractivity (Wildman–Crippen MR) is 122 cm³/mol. The van der Waals surface area contributed by atoms with E-state index >= 15 is 0 Å². The molecule has 154 valence electrons. The third-order valence-electron chi connectivity index (χ3n) is 4.50. The van der Waals surface area contributed by atoms with E-state index in [1.165, 1.54) is 18.4 Å². The number of anilines is 1. The number of carbonyl (C=O) groups excluding carboxylic acids is 2. The van der Waals surface area contributed by atoms with Gasteiger partial charge in [0.15, 0.2) is 0 Å². The second-order valence-electron chi connectivity index (χ2n) is 6.60. The fourth-order valence-corrected chi connectivity index (χ4v) is 4.00. The van der Waals surface area contributed by atoms with Crippen LogP contribution in [0.5, 0.6) is 11.5 Å². The van der Waals surface area contributed by atoms with Crippen LogP contribution in [0.3, 0.4) is 0 Å². The van der Waals surface area contributed by atoms with Crippen LogP contribution in [-0.4, -0.2) is 19.0 Å². The van der Waals surface area contributed by atoms with Crippen LogP contribution in [-0.2, 0) is 4.74 Å². The summed E-state index contributed by atoms with van der Waals surface area (Å²) in [6.45, 7) is 0. The molecule has 0 saturated heterocycles. The first-order valence-electron chi connectivity index (χ1n) is 9.56. The standard InChI is InChI=1S/C25H19NO4S/c1-29-25(28)23-21(16-22(31-23)17-8-4-2-5-9-17)26-24(27)18-12-14-20(15-13-18)30-19-10-6-3-7-11-19/h2-16H,1H3,(H,26,27). The van der Waals surface area contributed by atoms with Crippen molar-refractivity contribution in [2.75, 3.05) is 12.4 Å². The number of amides is 1. The van der Waals surface area contributed by atoms with Gasteiger partial charge in [-0.3, -0.25) is 4.79 Å². The molecule has 1 amide bonds. The summed E-state index contributed by atoms with van der Waals surface area (Å²) in [5, 5.41) is 2.83. The molecule has 0 bridgehead atoms. The molecule has 0 fully saturated rings. The zero-order chi connectivity index (χ0) is 21.6. The summed E-state index contributed by atoms with van der Waals surface area (Å²) in [4.78, 5) is 26.2. The van der Waals surface area contributed by atoms with Crippen LogP contribution in [0.1, 0.15) is 20.0 Å². The van der Waals surface area contributed by atoms with Crippen LogP contribution in [0, 0.1) is 0 Å². The second-order valence-corrected chi connectivity index (χ2v) is 7.66. The normalized spacial score (nSPS) is 10.4. The summed E-state index contributed by atoms with van der Waals surface area (Å²) < 4.78 is 10.6. The van der Waals surface area contributed by atoms with Crippen molar-refractivity contribution in [3.63, 3.8) is 0 Å². The first-order chi connectivity index (χ1) is 15.1. The lowest BCUT2D eigenvalue weighted by molar-refractivity contribution is 0.0607. The van der Waals surface area contributed by atoms with Crippen molar-refractivity contribution < 1.29 is 19.1 Å². The van der Waals surface area contributed by atoms with Crippen molar-refractivity contribution in [3.8, 4) is 21.9 Å². The summed E-state index contributed by atoms with van der Waals surface area (Å²) in [6, 6.07) is 27.7. The van der Waals surface area contributed by atoms with Crippen molar-refractivity contribution in [1.82, 2.24) is 0 Å². The fraction of sp³-hybridized carbons (Fsp3) is 0.0400. The number of carbonyl (C=O) groups is 2. The van der Waals surface area contributed by atoms with Gasteiger partial charge in [-0.15, -0.1) is 11.3 Å². The number of thiophene rings is 1. The molecule has 0 aliphatic rings. The number of hydrogen-bond donors (Lipinski definition) is 1. The van der Waals surface area contributed by atoms with Crippen LogP contribution in [0.25, 0.3) is 10.4 Å². The van der Waals surface area contributed by atoms with Crippen LogP contribution in [0.15, 0.2) is 91.0 Å². The maximum Gasteiger partial charge on any atom is 0.350 e. The first-order valence-corrected chi connectivity index (χ1v) is 10.4. The molecule has 0 atom stereocenters. The van der Waals surface area contributed by atoms with E-state index in [4.69, 9.17) is 9.47 Å². The second kappa shape index (κ2) is 9.28. The Balaban J connectivity index is 1.53. The van der Waals surface area contributed by atoms with Gasteiger partial charge in [-0.1, -0.05) is 48.5 Å². The third-order valence-corrected chi connectivity index (χ3v) is 5.67. The molecular formula is C25H19NO4S. The zero-order valence-corrected chi connectivity index (χ0v) is 17.5. The lowest BCUT2D eigenvalue weighted by atomic mass is 10.1. The summed E-state index contributed by atoms with van der Waals surface area (Å²) in [5.74, 6) is 0.525. The van der Waals surface area contributed by atoms with Crippen molar-refractivity contribution in [2.45, 2.75) is 0 Å². The number of rotatable bonds is 6. The Kier molecular flexibility index (Phi) is 6.10. The molecule has 5 nitrogen and oxygen atoms in total. The molecule has 1 heterocycles. The molecule has 0 radical (unpaired) electrons. The molecule has 4 aromatic rings. The Bertz CT molecular complexity index is 1190. The van der Waals surface area contributed by atoms with E-state index in [0.717, 1.165) is 10.4 Å². The van der Waals surface area contributed by atoms with Gasteiger partial charge in [-0.25, -0.2) is 4.79 Å². The number of benzene rings is 3. The largest absolute Gasteiger partial charge is 0.465 e. The monoisotopic (exact) mass is 429 g/mol. The predicted octanol–water partition coefficient (Wildman–Crippen LogP) is 6.25. The van der Waals surface area contributed by atoms with Crippen molar-refractivity contribution in [1.29, 1.82) is 0 Å². The van der Waals surface area contributed by atoms with Crippen molar-refractivity contribution in [2.24, 2.45) is 0 Å². The highest BCUT2D eigenvalue weighted by atomic mass is 32.1. The highest BCUT2D eigenvalue weighted by molar-refractivity contribution is 7.18. The highest BCUT2D eigenvalue weighted by Crippen LogP contribution is 2.35. The van der Waals surface area contributed by atoms with E-state index in [0.29, 0.717) is 27.6 Å². The van der Waals surface area contributed by atoms with Gasteiger partial charge in [0.2, 0.25) is 0 Å². The average Bonchev–Trinajstić information content (AvgIpc) is 3.24. The molecule has 3 aromatic carbocycles. The quantitative estimate of drug-likeness (QED) is 0.368. The lowest BCUT2D eigenvalue weighted by Crippen LogP contribution is -2.13. The highest BCUT2D eigenvalue weighted by Gasteiger charge is 2.20. The summed E-state index contributed by atoms with van der Waals surface area (Å²) in [6.07, 6.45) is 0. The van der Waals surface area contributed by atoms with Gasteiger partial charge in [-0.05, 0) is 48.0 Å². The van der Waals surface area contributed by atoms with Gasteiger partial charge in [-0.2, -0.15) is 0 Å². The molecule has 0 aliphatic heterocycles. The van der Waals surface area contributed by atoms with Gasteiger partial charge >= 0.3 is 5.97 Å². The number of nitrogens with one attached hydrogen (secondary N) is 1. The molecule has 1 N–H and O–H groups in total. The van der Waals surface area contributed by atoms with Gasteiger partial charge < -0.3 is 14.8 Å². The van der Waals surface area contributed by atoms with Crippen LogP contribution < -0.4 is 10.1 Å². The Morgan fingerprint density at radius 3 is 2.06 bits per heavy atom. The lowest BCUT2D eigenvalue weighted by Gasteiger charge is -2.08. The van der Waals surface area contributed by atoms with E-state index in [-0.39, 0.29) is 5.91 Å². The Morgan fingerprint density at radius 2 is 1.42 bits per heavy atom. The number of methoxy groups -OCH3 is 1. The van der Waals surface area contributed by atoms with E-state index in [9.17, 15) is 9.59 Å². The molecule has 31 heavy (non-hydrogen) atoms. The van der Waals surface area contributed by atoms with E-state index in [1.54, 1.807) is 30.3 Å². The van der Waals surface area contributed by atoms with E-state index in [1.807, 2.05) is 60.7 Å². The fourth-order valence-electron chi connectivity index (χ4n) is 2.97. The molecule has 0 spiro atoms. The maximum absolute atomic E-state index is 12.8. The van der Waals surface area contributed by atoms with Crippen LogP contribution >= 0.6 is 11.3 Å². The van der Waals surface area contributed by atoms with Crippen molar-refractivity contribution in [3.05, 3.63) is 101 Å². The minimum absolute atomic E-state index is 0.325. The van der Waals surface area contributed by atoms with Crippen LogP contribution in [0.4, 0.5) is 5.69 Å². The number of para-hydroxylation sites is 1. The van der Waals surface area contributed by atoms with E-state index in [2.05, 4.69) is 5.32 Å². The minimum Gasteiger partial charge on any atom is -0.465 e. The number of esters is 1. The number of ether oxygens (including phenoxy) is 2. The first kappa shape index (κ1) is 20.4. The minimum atomic E-state index is -0.492. The third kappa shape index (κ3) is 4.82. The van der Waals surface area contributed by atoms with E-state index < -0.39 is 5.97 Å². The number of hydrogen-bond acceptors (Lipinski definition) is 5. The maximum atomic E-state index is 12.8. The molecule has 1 aromatic heterocycles. The van der Waals surface area contributed by atoms with Gasteiger partial charge in [0, 0.05) is 10.4 Å². The van der Waals surface area contributed by atoms with Crippen LogP contribution in [0.2, 0.25) is 0 Å². The topological polar surface area (TPSA) is 64.6 Å². The SMILES string of the molecule is COC(=O)c1sc(-c2ccccc2)cc1NC(=O)c1ccc(Oc2ccccc2)cc1. The molecule has 6 heteroatoms. The molecule has 4 rings (SSSR count). The Hall–Kier alpha value is -3.90. The Morgan fingerprint density at radius 1 is 0.806 bits per heavy atom.